The fourth-order valence-electron chi connectivity index (χ4n) is 0. The molecule has 0 amide bonds. The van der Waals surface area contributed by atoms with Crippen LogP contribution in [0.5, 0.6) is 0 Å². The Morgan fingerprint density at radius 1 is 0.500 bits per heavy atom. The first kappa shape index (κ1) is 14.4. The van der Waals surface area contributed by atoms with E-state index in [9.17, 15) is 0 Å². The monoisotopic (exact) mass is 180 g/mol. The van der Waals surface area contributed by atoms with Gasteiger partial charge < -0.3 is 20.4 Å². The molecule has 0 aliphatic carbocycles. The maximum atomic E-state index is 8.38. The van der Waals surface area contributed by atoms with E-state index in [1.807, 2.05) is 0 Å². The van der Waals surface area contributed by atoms with Crippen LogP contribution in [0.2, 0.25) is 0 Å². The molecule has 0 aliphatic rings. The van der Waals surface area contributed by atoms with Crippen molar-refractivity contribution in [1.82, 2.24) is 0 Å². The van der Waals surface area contributed by atoms with Gasteiger partial charge in [0.1, 0.15) is 0 Å². The number of hydrogen-bond acceptors (Lipinski definition) is 4. The van der Waals surface area contributed by atoms with Gasteiger partial charge in [0.05, 0.1) is 24.4 Å². The molecule has 4 heteroatoms. The van der Waals surface area contributed by atoms with E-state index in [-0.39, 0.29) is 0 Å². The summed E-state index contributed by atoms with van der Waals surface area (Å²) in [6.45, 7) is 6.19. The van der Waals surface area contributed by atoms with Crippen molar-refractivity contribution in [3.63, 3.8) is 0 Å². The van der Waals surface area contributed by atoms with E-state index in [0.717, 1.165) is 0 Å². The molecule has 4 nitrogen and oxygen atoms in total. The van der Waals surface area contributed by atoms with Gasteiger partial charge in [-0.1, -0.05) is 0 Å². The highest BCUT2D eigenvalue weighted by molar-refractivity contribution is 4.51. The average molecular weight is 180 g/mol. The van der Waals surface area contributed by atoms with Gasteiger partial charge in [-0.3, -0.25) is 0 Å². The Morgan fingerprint density at radius 3 is 0.583 bits per heavy atom. The minimum atomic E-state index is -0.593. The number of hydrogen-bond donors (Lipinski definition) is 4. The third-order valence-electron chi connectivity index (χ3n) is 1.40. The summed E-state index contributed by atoms with van der Waals surface area (Å²) < 4.78 is 0. The predicted molar refractivity (Wildman–Crippen MR) is 46.7 cm³/mol. The van der Waals surface area contributed by atoms with Crippen molar-refractivity contribution in [2.24, 2.45) is 0 Å². The zero-order valence-electron chi connectivity index (χ0n) is 8.10. The van der Waals surface area contributed by atoms with Gasteiger partial charge in [-0.15, -0.1) is 0 Å². The number of aliphatic hydroxyl groups excluding tert-OH is 4. The Balaban J connectivity index is 0. The number of rotatable bonds is 2. The standard InChI is InChI=1S/2C4H10O2/c2*1-3(5)4(2)6/h2*3-6H,1-2H3/t3-,4?;3-,4-/m01/s1. The lowest BCUT2D eigenvalue weighted by Gasteiger charge is -2.03. The first-order chi connectivity index (χ1) is 5.29. The molecule has 0 saturated heterocycles. The molecule has 0 bridgehead atoms. The molecule has 0 radical (unpaired) electrons. The van der Waals surface area contributed by atoms with E-state index < -0.39 is 24.4 Å². The Bertz CT molecular complexity index is 65.1. The summed E-state index contributed by atoms with van der Waals surface area (Å²) in [6, 6.07) is 0. The minimum absolute atomic E-state index is 0.593. The molecule has 4 N–H and O–H groups in total. The molecule has 0 heterocycles. The third-order valence-corrected chi connectivity index (χ3v) is 1.40. The van der Waals surface area contributed by atoms with Crippen LogP contribution < -0.4 is 0 Å². The predicted octanol–water partition coefficient (Wildman–Crippen LogP) is -0.504. The summed E-state index contributed by atoms with van der Waals surface area (Å²) in [6.07, 6.45) is -2.37. The molecule has 0 rings (SSSR count). The maximum absolute atomic E-state index is 8.38. The fourth-order valence-corrected chi connectivity index (χ4v) is 0. The van der Waals surface area contributed by atoms with Crippen molar-refractivity contribution < 1.29 is 20.4 Å². The van der Waals surface area contributed by atoms with Crippen LogP contribution in [0.4, 0.5) is 0 Å². The van der Waals surface area contributed by atoms with E-state index in [0.29, 0.717) is 0 Å². The Hall–Kier alpha value is -0.160. The van der Waals surface area contributed by atoms with Gasteiger partial charge in [-0.05, 0) is 27.7 Å². The fraction of sp³-hybridized carbons (Fsp3) is 1.00. The minimum Gasteiger partial charge on any atom is -0.391 e. The molecule has 0 aromatic carbocycles. The maximum Gasteiger partial charge on any atom is 0.0768 e. The molecule has 1 unspecified atom stereocenters. The van der Waals surface area contributed by atoms with Crippen molar-refractivity contribution in [1.29, 1.82) is 0 Å². The van der Waals surface area contributed by atoms with Gasteiger partial charge in [-0.25, -0.2) is 0 Å². The van der Waals surface area contributed by atoms with Gasteiger partial charge in [0, 0.05) is 0 Å². The van der Waals surface area contributed by atoms with Gasteiger partial charge >= 0.3 is 0 Å². The van der Waals surface area contributed by atoms with E-state index >= 15 is 0 Å². The molecule has 0 aromatic heterocycles. The lowest BCUT2D eigenvalue weighted by Crippen LogP contribution is -2.17. The van der Waals surface area contributed by atoms with Gasteiger partial charge in [0.25, 0.3) is 0 Å². The van der Waals surface area contributed by atoms with Crippen molar-refractivity contribution in [3.8, 4) is 0 Å². The molecular formula is C8H20O4. The first-order valence-electron chi connectivity index (χ1n) is 4.01. The summed E-state index contributed by atoms with van der Waals surface area (Å²) in [5.41, 5.74) is 0. The van der Waals surface area contributed by atoms with Crippen LogP contribution >= 0.6 is 0 Å². The zero-order valence-corrected chi connectivity index (χ0v) is 8.10. The molecule has 76 valence electrons. The molecule has 0 aliphatic heterocycles. The summed E-state index contributed by atoms with van der Waals surface area (Å²) in [4.78, 5) is 0. The van der Waals surface area contributed by atoms with E-state index in [1.54, 1.807) is 27.7 Å². The highest BCUT2D eigenvalue weighted by Gasteiger charge is 2.00. The highest BCUT2D eigenvalue weighted by atomic mass is 16.3. The molecule has 0 saturated carbocycles. The van der Waals surface area contributed by atoms with E-state index in [4.69, 9.17) is 20.4 Å². The van der Waals surface area contributed by atoms with Crippen LogP contribution in [0, 0.1) is 0 Å². The van der Waals surface area contributed by atoms with E-state index in [1.165, 1.54) is 0 Å². The summed E-state index contributed by atoms with van der Waals surface area (Å²) in [5, 5.41) is 33.5. The molecule has 12 heavy (non-hydrogen) atoms. The lowest BCUT2D eigenvalue weighted by molar-refractivity contribution is 0.0438. The molecular weight excluding hydrogens is 160 g/mol. The Kier molecular flexibility index (Phi) is 8.97. The Morgan fingerprint density at radius 2 is 0.583 bits per heavy atom. The molecule has 0 aromatic rings. The average Bonchev–Trinajstić information content (AvgIpc) is 1.88. The van der Waals surface area contributed by atoms with Crippen molar-refractivity contribution in [3.05, 3.63) is 0 Å². The summed E-state index contributed by atoms with van der Waals surface area (Å²) >= 11 is 0. The normalized spacial score (nSPS) is 20.0. The second-order valence-corrected chi connectivity index (χ2v) is 2.96. The van der Waals surface area contributed by atoms with Gasteiger partial charge in [-0.2, -0.15) is 0 Å². The van der Waals surface area contributed by atoms with Crippen LogP contribution in [-0.2, 0) is 0 Å². The van der Waals surface area contributed by atoms with Crippen molar-refractivity contribution in [2.45, 2.75) is 52.1 Å². The lowest BCUT2D eigenvalue weighted by atomic mass is 10.3. The van der Waals surface area contributed by atoms with E-state index in [2.05, 4.69) is 0 Å². The quantitative estimate of drug-likeness (QED) is 0.461. The topological polar surface area (TPSA) is 80.9 Å². The van der Waals surface area contributed by atoms with Crippen LogP contribution in [-0.4, -0.2) is 44.8 Å². The number of aliphatic hydroxyl groups is 4. The van der Waals surface area contributed by atoms with Crippen LogP contribution in [0.15, 0.2) is 0 Å². The summed E-state index contributed by atoms with van der Waals surface area (Å²) in [7, 11) is 0. The Labute approximate surface area is 73.5 Å². The zero-order chi connectivity index (χ0) is 10.3. The van der Waals surface area contributed by atoms with Crippen LogP contribution in [0.25, 0.3) is 0 Å². The van der Waals surface area contributed by atoms with Crippen molar-refractivity contribution in [2.75, 3.05) is 0 Å². The van der Waals surface area contributed by atoms with Gasteiger partial charge in [0.15, 0.2) is 0 Å². The summed E-state index contributed by atoms with van der Waals surface area (Å²) in [5.74, 6) is 0. The SMILES string of the molecule is CC(O)[C@H](C)O.C[C@@H](O)[C@@H](C)O. The van der Waals surface area contributed by atoms with Crippen molar-refractivity contribution >= 4 is 0 Å². The third kappa shape index (κ3) is 12.5. The van der Waals surface area contributed by atoms with Crippen LogP contribution in [0.3, 0.4) is 0 Å². The smallest absolute Gasteiger partial charge is 0.0768 e. The van der Waals surface area contributed by atoms with Crippen LogP contribution in [0.1, 0.15) is 27.7 Å². The largest absolute Gasteiger partial charge is 0.391 e. The molecule has 4 atom stereocenters. The molecule has 0 fully saturated rings. The first-order valence-corrected chi connectivity index (χ1v) is 4.01. The molecule has 0 spiro atoms. The highest BCUT2D eigenvalue weighted by Crippen LogP contribution is 1.86. The second kappa shape index (κ2) is 7.49. The van der Waals surface area contributed by atoms with Gasteiger partial charge in [0.2, 0.25) is 0 Å². The second-order valence-electron chi connectivity index (χ2n) is 2.96.